The summed E-state index contributed by atoms with van der Waals surface area (Å²) in [5.74, 6) is 0. The molecule has 96 valence electrons. The topological polar surface area (TPSA) is 64.4 Å². The smallest absolute Gasteiger partial charge is 0.197 e. The normalized spacial score (nSPS) is 28.8. The molecule has 2 saturated heterocycles. The van der Waals surface area contributed by atoms with E-state index in [2.05, 4.69) is 6.07 Å². The minimum absolute atomic E-state index is 0.455. The molecule has 0 saturated carbocycles. The van der Waals surface area contributed by atoms with Gasteiger partial charge < -0.3 is 0 Å². The Labute approximate surface area is 103 Å². The maximum atomic E-state index is 12.4. The first kappa shape index (κ1) is 12.8. The predicted octanol–water partition coefficient (Wildman–Crippen LogP) is 1.10. The molecule has 0 N–H and O–H groups in total. The van der Waals surface area contributed by atoms with Gasteiger partial charge in [-0.25, -0.2) is 0 Å². The molecular weight excluding hydrogens is 238 g/mol. The largest absolute Gasteiger partial charge is 0.283 e. The van der Waals surface area contributed by atoms with E-state index in [1.807, 2.05) is 0 Å². The Morgan fingerprint density at radius 1 is 1.00 bits per heavy atom. The van der Waals surface area contributed by atoms with Crippen LogP contribution in [0.4, 0.5) is 0 Å². The van der Waals surface area contributed by atoms with Crippen LogP contribution in [-0.2, 0) is 10.2 Å². The lowest BCUT2D eigenvalue weighted by molar-refractivity contribution is 0.350. The molecule has 0 aromatic carbocycles. The van der Waals surface area contributed by atoms with E-state index in [9.17, 15) is 8.42 Å². The molecule has 17 heavy (non-hydrogen) atoms. The summed E-state index contributed by atoms with van der Waals surface area (Å²) in [4.78, 5) is 0. The molecule has 0 aromatic rings. The van der Waals surface area contributed by atoms with Gasteiger partial charge in [0, 0.05) is 19.6 Å². The molecule has 0 bridgehead atoms. The van der Waals surface area contributed by atoms with Crippen LogP contribution in [0.3, 0.4) is 0 Å². The van der Waals surface area contributed by atoms with E-state index in [1.54, 1.807) is 4.31 Å². The Morgan fingerprint density at radius 2 is 1.65 bits per heavy atom. The van der Waals surface area contributed by atoms with Crippen molar-refractivity contribution in [2.45, 2.75) is 44.6 Å². The minimum atomic E-state index is -3.40. The fraction of sp³-hybridized carbons (Fsp3) is 0.909. The van der Waals surface area contributed by atoms with Gasteiger partial charge in [-0.15, -0.1) is 0 Å². The van der Waals surface area contributed by atoms with Crippen molar-refractivity contribution in [1.82, 2.24) is 8.61 Å². The Hall–Kier alpha value is -0.640. The van der Waals surface area contributed by atoms with Crippen LogP contribution in [0.1, 0.15) is 38.5 Å². The van der Waals surface area contributed by atoms with Gasteiger partial charge in [-0.1, -0.05) is 12.8 Å². The summed E-state index contributed by atoms with van der Waals surface area (Å²) in [7, 11) is -3.40. The fourth-order valence-corrected chi connectivity index (χ4v) is 4.42. The van der Waals surface area contributed by atoms with Gasteiger partial charge in [0.05, 0.1) is 6.07 Å². The summed E-state index contributed by atoms with van der Waals surface area (Å²) >= 11 is 0. The van der Waals surface area contributed by atoms with E-state index < -0.39 is 16.3 Å². The van der Waals surface area contributed by atoms with Gasteiger partial charge >= 0.3 is 0 Å². The number of nitriles is 1. The van der Waals surface area contributed by atoms with E-state index in [1.165, 1.54) is 4.31 Å². The lowest BCUT2D eigenvalue weighted by atomic mass is 10.2. The Morgan fingerprint density at radius 3 is 2.24 bits per heavy atom. The first-order valence-electron chi connectivity index (χ1n) is 6.33. The van der Waals surface area contributed by atoms with Gasteiger partial charge in [-0.05, 0) is 25.7 Å². The zero-order valence-electron chi connectivity index (χ0n) is 10.0. The molecule has 5 nitrogen and oxygen atoms in total. The van der Waals surface area contributed by atoms with Crippen LogP contribution in [-0.4, -0.2) is 42.7 Å². The van der Waals surface area contributed by atoms with Crippen molar-refractivity contribution >= 4 is 10.2 Å². The van der Waals surface area contributed by atoms with Crippen molar-refractivity contribution in [3.8, 4) is 6.07 Å². The Bertz CT molecular complexity index is 393. The molecule has 0 spiro atoms. The second-order valence-electron chi connectivity index (χ2n) is 4.72. The van der Waals surface area contributed by atoms with E-state index >= 15 is 0 Å². The van der Waals surface area contributed by atoms with Gasteiger partial charge in [-0.2, -0.15) is 22.3 Å². The number of hydrogen-bond donors (Lipinski definition) is 0. The van der Waals surface area contributed by atoms with Crippen molar-refractivity contribution in [3.63, 3.8) is 0 Å². The molecular formula is C11H19N3O2S. The third-order valence-electron chi connectivity index (χ3n) is 3.54. The molecule has 2 rings (SSSR count). The van der Waals surface area contributed by atoms with Crippen LogP contribution in [0, 0.1) is 11.3 Å². The minimum Gasteiger partial charge on any atom is -0.197 e. The average molecular weight is 257 g/mol. The highest BCUT2D eigenvalue weighted by atomic mass is 32.2. The lowest BCUT2D eigenvalue weighted by Crippen LogP contribution is -2.46. The molecule has 2 aliphatic rings. The molecule has 0 aromatic heterocycles. The molecule has 6 heteroatoms. The standard InChI is InChI=1S/C11H19N3O2S/c12-10-11-6-5-9-14(11)17(15,16)13-7-3-1-2-4-8-13/h11H,1-9H2. The van der Waals surface area contributed by atoms with Crippen LogP contribution >= 0.6 is 0 Å². The van der Waals surface area contributed by atoms with Crippen LogP contribution in [0.15, 0.2) is 0 Å². The molecule has 1 atom stereocenters. The first-order chi connectivity index (χ1) is 8.16. The van der Waals surface area contributed by atoms with E-state index in [0.29, 0.717) is 26.1 Å². The van der Waals surface area contributed by atoms with Gasteiger partial charge in [0.15, 0.2) is 0 Å². The average Bonchev–Trinajstić information content (AvgIpc) is 2.63. The summed E-state index contributed by atoms with van der Waals surface area (Å²) in [5.41, 5.74) is 0. The van der Waals surface area contributed by atoms with Gasteiger partial charge in [-0.3, -0.25) is 0 Å². The zero-order valence-corrected chi connectivity index (χ0v) is 10.8. The van der Waals surface area contributed by atoms with Crippen LogP contribution in [0.25, 0.3) is 0 Å². The fourth-order valence-electron chi connectivity index (χ4n) is 2.57. The Balaban J connectivity index is 2.14. The molecule has 0 aliphatic carbocycles. The van der Waals surface area contributed by atoms with Crippen molar-refractivity contribution in [1.29, 1.82) is 5.26 Å². The summed E-state index contributed by atoms with van der Waals surface area (Å²) in [5, 5.41) is 8.98. The molecule has 2 heterocycles. The summed E-state index contributed by atoms with van der Waals surface area (Å²) in [6.07, 6.45) is 5.55. The summed E-state index contributed by atoms with van der Waals surface area (Å²) in [6.45, 7) is 1.71. The van der Waals surface area contributed by atoms with E-state index in [4.69, 9.17) is 5.26 Å². The van der Waals surface area contributed by atoms with Gasteiger partial charge in [0.2, 0.25) is 0 Å². The monoisotopic (exact) mass is 257 g/mol. The third kappa shape index (κ3) is 2.62. The highest BCUT2D eigenvalue weighted by Gasteiger charge is 2.38. The number of nitrogens with zero attached hydrogens (tertiary/aromatic N) is 3. The maximum Gasteiger partial charge on any atom is 0.283 e. The molecule has 2 aliphatic heterocycles. The number of rotatable bonds is 2. The van der Waals surface area contributed by atoms with Crippen molar-refractivity contribution < 1.29 is 8.42 Å². The van der Waals surface area contributed by atoms with Crippen molar-refractivity contribution in [2.24, 2.45) is 0 Å². The third-order valence-corrected chi connectivity index (χ3v) is 5.59. The predicted molar refractivity (Wildman–Crippen MR) is 64.3 cm³/mol. The van der Waals surface area contributed by atoms with Crippen LogP contribution in [0.2, 0.25) is 0 Å². The zero-order chi connectivity index (χ0) is 12.3. The quantitative estimate of drug-likeness (QED) is 0.744. The van der Waals surface area contributed by atoms with Crippen LogP contribution in [0.5, 0.6) is 0 Å². The second-order valence-corrected chi connectivity index (χ2v) is 6.60. The van der Waals surface area contributed by atoms with Gasteiger partial charge in [0.25, 0.3) is 10.2 Å². The first-order valence-corrected chi connectivity index (χ1v) is 7.72. The van der Waals surface area contributed by atoms with Crippen LogP contribution < -0.4 is 0 Å². The van der Waals surface area contributed by atoms with Crippen molar-refractivity contribution in [2.75, 3.05) is 19.6 Å². The Kier molecular flexibility index (Phi) is 4.02. The van der Waals surface area contributed by atoms with Gasteiger partial charge in [0.1, 0.15) is 6.04 Å². The molecule has 2 fully saturated rings. The van der Waals surface area contributed by atoms with Crippen molar-refractivity contribution in [3.05, 3.63) is 0 Å². The molecule has 0 radical (unpaired) electrons. The maximum absolute atomic E-state index is 12.4. The summed E-state index contributed by atoms with van der Waals surface area (Å²) in [6, 6.07) is 1.64. The van der Waals surface area contributed by atoms with E-state index in [0.717, 1.165) is 32.1 Å². The second kappa shape index (κ2) is 5.34. The van der Waals surface area contributed by atoms with E-state index in [-0.39, 0.29) is 0 Å². The molecule has 1 unspecified atom stereocenters. The number of hydrogen-bond acceptors (Lipinski definition) is 3. The molecule has 0 amide bonds. The summed E-state index contributed by atoms with van der Waals surface area (Å²) < 4.78 is 27.8. The lowest BCUT2D eigenvalue weighted by Gasteiger charge is -2.27. The highest BCUT2D eigenvalue weighted by molar-refractivity contribution is 7.86. The highest BCUT2D eigenvalue weighted by Crippen LogP contribution is 2.24. The SMILES string of the molecule is N#CC1CCCN1S(=O)(=O)N1CCCCCC1.